The molecule has 0 saturated carbocycles. The van der Waals surface area contributed by atoms with Crippen molar-refractivity contribution in [2.24, 2.45) is 0 Å². The summed E-state index contributed by atoms with van der Waals surface area (Å²) in [5.74, 6) is -0.260. The minimum Gasteiger partial charge on any atom is -0.356 e. The van der Waals surface area contributed by atoms with Crippen molar-refractivity contribution < 1.29 is 9.59 Å². The molecule has 1 unspecified atom stereocenters. The molecule has 3 aromatic rings. The molecule has 4 nitrogen and oxygen atoms in total. The van der Waals surface area contributed by atoms with Crippen molar-refractivity contribution in [1.29, 1.82) is 0 Å². The Bertz CT molecular complexity index is 849. The van der Waals surface area contributed by atoms with E-state index in [0.717, 1.165) is 12.0 Å². The monoisotopic (exact) mass is 378 g/mol. The van der Waals surface area contributed by atoms with E-state index in [9.17, 15) is 9.59 Å². The fourth-order valence-electron chi connectivity index (χ4n) is 2.81. The van der Waals surface area contributed by atoms with Crippen molar-refractivity contribution in [3.63, 3.8) is 0 Å². The minimum atomic E-state index is -0.374. The van der Waals surface area contributed by atoms with Gasteiger partial charge in [0.1, 0.15) is 0 Å². The van der Waals surface area contributed by atoms with E-state index in [-0.39, 0.29) is 24.3 Å². The summed E-state index contributed by atoms with van der Waals surface area (Å²) in [6.07, 6.45) is 1.02. The Morgan fingerprint density at radius 3 is 2.26 bits per heavy atom. The topological polar surface area (TPSA) is 58.2 Å². The first-order chi connectivity index (χ1) is 13.2. The molecule has 2 amide bonds. The molecule has 1 heterocycles. The zero-order chi connectivity index (χ0) is 18.9. The van der Waals surface area contributed by atoms with Crippen LogP contribution in [0.25, 0.3) is 0 Å². The van der Waals surface area contributed by atoms with Crippen molar-refractivity contribution in [3.05, 3.63) is 94.2 Å². The van der Waals surface area contributed by atoms with Gasteiger partial charge in [-0.15, -0.1) is 11.3 Å². The van der Waals surface area contributed by atoms with Gasteiger partial charge >= 0.3 is 0 Å². The van der Waals surface area contributed by atoms with Crippen LogP contribution in [0.1, 0.15) is 33.3 Å². The van der Waals surface area contributed by atoms with Crippen LogP contribution < -0.4 is 10.6 Å². The molecule has 0 aliphatic heterocycles. The summed E-state index contributed by atoms with van der Waals surface area (Å²) in [4.78, 5) is 26.2. The Morgan fingerprint density at radius 2 is 1.59 bits per heavy atom. The van der Waals surface area contributed by atoms with Gasteiger partial charge in [0, 0.05) is 17.0 Å². The molecule has 0 spiro atoms. The quantitative estimate of drug-likeness (QED) is 0.623. The maximum atomic E-state index is 12.5. The summed E-state index contributed by atoms with van der Waals surface area (Å²) in [6.45, 7) is 0.591. The number of thiophene rings is 1. The van der Waals surface area contributed by atoms with E-state index in [2.05, 4.69) is 16.7 Å². The second kappa shape index (κ2) is 9.69. The number of benzene rings is 2. The highest BCUT2D eigenvalue weighted by atomic mass is 32.1. The number of carbonyl (C=O) groups excluding carboxylic acids is 2. The number of hydrogen-bond acceptors (Lipinski definition) is 3. The molecule has 0 bridgehead atoms. The summed E-state index contributed by atoms with van der Waals surface area (Å²) in [7, 11) is 0. The van der Waals surface area contributed by atoms with Gasteiger partial charge in [0.2, 0.25) is 5.91 Å². The lowest BCUT2D eigenvalue weighted by Crippen LogP contribution is -2.34. The molecule has 138 valence electrons. The highest BCUT2D eigenvalue weighted by molar-refractivity contribution is 7.09. The minimum absolute atomic E-state index is 0.0752. The summed E-state index contributed by atoms with van der Waals surface area (Å²) in [5, 5.41) is 7.97. The Hall–Kier alpha value is -2.92. The third kappa shape index (κ3) is 5.79. The summed E-state index contributed by atoms with van der Waals surface area (Å²) in [5.41, 5.74) is 1.49. The normalized spacial score (nSPS) is 11.6. The lowest BCUT2D eigenvalue weighted by molar-refractivity contribution is -0.121. The molecule has 2 N–H and O–H groups in total. The van der Waals surface area contributed by atoms with E-state index < -0.39 is 0 Å². The summed E-state index contributed by atoms with van der Waals surface area (Å²) >= 11 is 1.68. The van der Waals surface area contributed by atoms with E-state index in [1.165, 1.54) is 4.88 Å². The first kappa shape index (κ1) is 18.9. The lowest BCUT2D eigenvalue weighted by atomic mass is 10.0. The smallest absolute Gasteiger partial charge is 0.251 e. The third-order valence-electron chi connectivity index (χ3n) is 4.21. The van der Waals surface area contributed by atoms with Crippen molar-refractivity contribution in [3.8, 4) is 0 Å². The van der Waals surface area contributed by atoms with Crippen LogP contribution in [-0.4, -0.2) is 18.4 Å². The third-order valence-corrected chi connectivity index (χ3v) is 5.14. The molecule has 0 saturated heterocycles. The molecule has 5 heteroatoms. The molecular formula is C22H22N2O2S. The van der Waals surface area contributed by atoms with Crippen molar-refractivity contribution in [2.45, 2.75) is 18.9 Å². The first-order valence-electron chi connectivity index (χ1n) is 8.92. The van der Waals surface area contributed by atoms with E-state index >= 15 is 0 Å². The van der Waals surface area contributed by atoms with Gasteiger partial charge < -0.3 is 10.6 Å². The molecule has 0 radical (unpaired) electrons. The highest BCUT2D eigenvalue weighted by Crippen LogP contribution is 2.17. The van der Waals surface area contributed by atoms with Gasteiger partial charge in [-0.05, 0) is 35.6 Å². The Labute approximate surface area is 163 Å². The SMILES string of the molecule is O=C(CC(NC(=O)c1ccccc1)c1ccccc1)NCCc1cccs1. The molecule has 0 fully saturated rings. The number of amides is 2. The largest absolute Gasteiger partial charge is 0.356 e. The maximum absolute atomic E-state index is 12.5. The van der Waals surface area contributed by atoms with Crippen LogP contribution in [0.3, 0.4) is 0 Å². The number of hydrogen-bond donors (Lipinski definition) is 2. The van der Waals surface area contributed by atoms with Gasteiger partial charge in [-0.3, -0.25) is 9.59 Å². The average molecular weight is 378 g/mol. The molecule has 27 heavy (non-hydrogen) atoms. The fraction of sp³-hybridized carbons (Fsp3) is 0.182. The summed E-state index contributed by atoms with van der Waals surface area (Å²) in [6, 6.07) is 22.3. The van der Waals surface area contributed by atoms with Gasteiger partial charge in [-0.1, -0.05) is 54.6 Å². The predicted molar refractivity (Wildman–Crippen MR) is 109 cm³/mol. The van der Waals surface area contributed by atoms with Gasteiger partial charge in [-0.25, -0.2) is 0 Å². The van der Waals surface area contributed by atoms with E-state index in [1.807, 2.05) is 60.0 Å². The zero-order valence-electron chi connectivity index (χ0n) is 14.9. The van der Waals surface area contributed by atoms with E-state index in [1.54, 1.807) is 23.5 Å². The van der Waals surface area contributed by atoms with E-state index in [0.29, 0.717) is 12.1 Å². The standard InChI is InChI=1S/C22H22N2O2S/c25-21(23-14-13-19-12-7-15-27-19)16-20(17-8-3-1-4-9-17)24-22(26)18-10-5-2-6-11-18/h1-12,15,20H,13-14,16H2,(H,23,25)(H,24,26). The van der Waals surface area contributed by atoms with Crippen LogP contribution >= 0.6 is 11.3 Å². The Kier molecular flexibility index (Phi) is 6.77. The van der Waals surface area contributed by atoms with Gasteiger partial charge in [0.25, 0.3) is 5.91 Å². The van der Waals surface area contributed by atoms with Gasteiger partial charge in [0.15, 0.2) is 0 Å². The Morgan fingerprint density at radius 1 is 0.889 bits per heavy atom. The number of carbonyl (C=O) groups is 2. The number of rotatable bonds is 8. The van der Waals surface area contributed by atoms with Gasteiger partial charge in [0.05, 0.1) is 12.5 Å². The zero-order valence-corrected chi connectivity index (χ0v) is 15.7. The van der Waals surface area contributed by atoms with Crippen LogP contribution in [0.4, 0.5) is 0 Å². The van der Waals surface area contributed by atoms with Crippen LogP contribution in [0, 0.1) is 0 Å². The first-order valence-corrected chi connectivity index (χ1v) is 9.80. The maximum Gasteiger partial charge on any atom is 0.251 e. The van der Waals surface area contributed by atoms with Crippen molar-refractivity contribution >= 4 is 23.2 Å². The molecule has 0 aliphatic rings. The molecule has 1 aromatic heterocycles. The molecule has 2 aromatic carbocycles. The van der Waals surface area contributed by atoms with E-state index in [4.69, 9.17) is 0 Å². The molecule has 0 aliphatic carbocycles. The molecular weight excluding hydrogens is 356 g/mol. The Balaban J connectivity index is 1.61. The van der Waals surface area contributed by atoms with Gasteiger partial charge in [-0.2, -0.15) is 0 Å². The van der Waals surface area contributed by atoms with Crippen molar-refractivity contribution in [1.82, 2.24) is 10.6 Å². The van der Waals surface area contributed by atoms with Crippen LogP contribution in [0.15, 0.2) is 78.2 Å². The van der Waals surface area contributed by atoms with Crippen LogP contribution in [-0.2, 0) is 11.2 Å². The van der Waals surface area contributed by atoms with Crippen molar-refractivity contribution in [2.75, 3.05) is 6.54 Å². The molecule has 3 rings (SSSR count). The second-order valence-corrected chi connectivity index (χ2v) is 7.22. The fourth-order valence-corrected chi connectivity index (χ4v) is 3.52. The highest BCUT2D eigenvalue weighted by Gasteiger charge is 2.19. The second-order valence-electron chi connectivity index (χ2n) is 6.19. The average Bonchev–Trinajstić information content (AvgIpc) is 3.22. The predicted octanol–water partition coefficient (Wildman–Crippen LogP) is 3.97. The summed E-state index contributed by atoms with van der Waals surface area (Å²) < 4.78 is 0. The van der Waals surface area contributed by atoms with Crippen LogP contribution in [0.5, 0.6) is 0 Å². The van der Waals surface area contributed by atoms with Crippen LogP contribution in [0.2, 0.25) is 0 Å². The lowest BCUT2D eigenvalue weighted by Gasteiger charge is -2.19. The molecule has 1 atom stereocenters. The number of nitrogens with one attached hydrogen (secondary N) is 2.